The van der Waals surface area contributed by atoms with Crippen molar-refractivity contribution in [1.29, 1.82) is 0 Å². The van der Waals surface area contributed by atoms with Gasteiger partial charge in [-0.25, -0.2) is 4.39 Å². The van der Waals surface area contributed by atoms with E-state index in [2.05, 4.69) is 5.32 Å². The lowest BCUT2D eigenvalue weighted by Crippen LogP contribution is -2.14. The highest BCUT2D eigenvalue weighted by Gasteiger charge is 2.04. The summed E-state index contributed by atoms with van der Waals surface area (Å²) in [6.45, 7) is 2.48. The summed E-state index contributed by atoms with van der Waals surface area (Å²) >= 11 is 0. The average Bonchev–Trinajstić information content (AvgIpc) is 2.28. The first-order chi connectivity index (χ1) is 7.63. The Morgan fingerprint density at radius 2 is 2.25 bits per heavy atom. The fourth-order valence-corrected chi connectivity index (χ4v) is 1.26. The minimum Gasteiger partial charge on any atom is -0.461 e. The molecule has 1 N–H and O–H groups in total. The lowest BCUT2D eigenvalue weighted by molar-refractivity contribution is -0.144. The van der Waals surface area contributed by atoms with E-state index in [4.69, 9.17) is 4.74 Å². The fraction of sp³-hybridized carbons (Fsp3) is 0.417. The molecule has 0 unspecified atom stereocenters. The molecule has 0 bridgehead atoms. The van der Waals surface area contributed by atoms with E-state index in [9.17, 15) is 9.18 Å². The number of carbonyl (C=O) groups is 1. The highest BCUT2D eigenvalue weighted by atomic mass is 19.1. The zero-order valence-electron chi connectivity index (χ0n) is 9.55. The molecule has 4 heteroatoms. The van der Waals surface area contributed by atoms with E-state index >= 15 is 0 Å². The minimum absolute atomic E-state index is 0.198. The third-order valence-electron chi connectivity index (χ3n) is 2.20. The van der Waals surface area contributed by atoms with Crippen LogP contribution in [0.2, 0.25) is 0 Å². The van der Waals surface area contributed by atoms with Crippen molar-refractivity contribution in [2.75, 3.05) is 13.6 Å². The molecule has 0 spiro atoms. The molecular weight excluding hydrogens is 209 g/mol. The maximum Gasteiger partial charge on any atom is 0.307 e. The predicted octanol–water partition coefficient (Wildman–Crippen LogP) is 1.79. The molecule has 1 rings (SSSR count). The van der Waals surface area contributed by atoms with Gasteiger partial charge in [0.1, 0.15) is 12.4 Å². The van der Waals surface area contributed by atoms with Crippen LogP contribution < -0.4 is 5.32 Å². The van der Waals surface area contributed by atoms with Crippen LogP contribution in [-0.2, 0) is 16.1 Å². The Hall–Kier alpha value is -1.42. The second kappa shape index (κ2) is 6.23. The molecule has 0 fully saturated rings. The first kappa shape index (κ1) is 12.6. The maximum atomic E-state index is 12.9. The number of rotatable bonds is 5. The number of esters is 1. The van der Waals surface area contributed by atoms with E-state index in [0.717, 1.165) is 5.56 Å². The number of hydrogen-bond acceptors (Lipinski definition) is 3. The van der Waals surface area contributed by atoms with Crippen molar-refractivity contribution in [1.82, 2.24) is 5.32 Å². The molecule has 1 aromatic carbocycles. The first-order valence-corrected chi connectivity index (χ1v) is 5.18. The van der Waals surface area contributed by atoms with Crippen LogP contribution in [0.1, 0.15) is 17.5 Å². The van der Waals surface area contributed by atoms with E-state index < -0.39 is 0 Å². The van der Waals surface area contributed by atoms with E-state index in [1.54, 1.807) is 26.1 Å². The van der Waals surface area contributed by atoms with Gasteiger partial charge in [0.05, 0.1) is 6.42 Å². The van der Waals surface area contributed by atoms with Crippen molar-refractivity contribution in [3.05, 3.63) is 35.1 Å². The van der Waals surface area contributed by atoms with Gasteiger partial charge in [0.2, 0.25) is 0 Å². The Balaban J connectivity index is 2.42. The van der Waals surface area contributed by atoms with Crippen LogP contribution in [0.3, 0.4) is 0 Å². The summed E-state index contributed by atoms with van der Waals surface area (Å²) in [5.41, 5.74) is 1.36. The lowest BCUT2D eigenvalue weighted by Gasteiger charge is -2.06. The molecule has 3 nitrogen and oxygen atoms in total. The van der Waals surface area contributed by atoms with Crippen LogP contribution in [0.25, 0.3) is 0 Å². The first-order valence-electron chi connectivity index (χ1n) is 5.18. The summed E-state index contributed by atoms with van der Waals surface area (Å²) < 4.78 is 18.0. The van der Waals surface area contributed by atoms with Crippen molar-refractivity contribution < 1.29 is 13.9 Å². The molecule has 0 aromatic heterocycles. The number of ether oxygens (including phenoxy) is 1. The van der Waals surface area contributed by atoms with Gasteiger partial charge in [0.25, 0.3) is 0 Å². The Kier molecular flexibility index (Phi) is 4.92. The van der Waals surface area contributed by atoms with Gasteiger partial charge in [-0.3, -0.25) is 4.79 Å². The molecule has 0 saturated heterocycles. The van der Waals surface area contributed by atoms with E-state index in [0.29, 0.717) is 18.5 Å². The van der Waals surface area contributed by atoms with Gasteiger partial charge in [-0.05, 0) is 37.2 Å². The number of carbonyl (C=O) groups excluding carboxylic acids is 1. The Labute approximate surface area is 94.6 Å². The number of benzene rings is 1. The predicted molar refractivity (Wildman–Crippen MR) is 59.5 cm³/mol. The second-order valence-electron chi connectivity index (χ2n) is 3.60. The molecule has 0 radical (unpaired) electrons. The smallest absolute Gasteiger partial charge is 0.307 e. The molecule has 16 heavy (non-hydrogen) atoms. The van der Waals surface area contributed by atoms with E-state index in [-0.39, 0.29) is 18.4 Å². The molecule has 0 amide bonds. The van der Waals surface area contributed by atoms with Gasteiger partial charge >= 0.3 is 5.97 Å². The summed E-state index contributed by atoms with van der Waals surface area (Å²) in [5.74, 6) is -0.499. The monoisotopic (exact) mass is 225 g/mol. The standard InChI is InChI=1S/C12H16FNO2/c1-9-7-10(3-4-11(9)13)8-16-12(15)5-6-14-2/h3-4,7,14H,5-6,8H2,1-2H3. The van der Waals surface area contributed by atoms with Crippen molar-refractivity contribution >= 4 is 5.97 Å². The summed E-state index contributed by atoms with van der Waals surface area (Å²) in [6.07, 6.45) is 0.344. The SMILES string of the molecule is CNCCC(=O)OCc1ccc(F)c(C)c1. The van der Waals surface area contributed by atoms with Crippen LogP contribution in [-0.4, -0.2) is 19.6 Å². The summed E-state index contributed by atoms with van der Waals surface area (Å²) in [4.78, 5) is 11.2. The number of hydrogen-bond donors (Lipinski definition) is 1. The fourth-order valence-electron chi connectivity index (χ4n) is 1.26. The third-order valence-corrected chi connectivity index (χ3v) is 2.20. The number of nitrogens with one attached hydrogen (secondary N) is 1. The van der Waals surface area contributed by atoms with Gasteiger partial charge in [-0.1, -0.05) is 6.07 Å². The van der Waals surface area contributed by atoms with Crippen molar-refractivity contribution in [3.8, 4) is 0 Å². The Morgan fingerprint density at radius 1 is 1.50 bits per heavy atom. The zero-order valence-corrected chi connectivity index (χ0v) is 9.55. The van der Waals surface area contributed by atoms with Gasteiger partial charge in [0, 0.05) is 6.54 Å². The van der Waals surface area contributed by atoms with Crippen LogP contribution >= 0.6 is 0 Å². The largest absolute Gasteiger partial charge is 0.461 e. The number of halogens is 1. The van der Waals surface area contributed by atoms with Crippen LogP contribution in [0.4, 0.5) is 4.39 Å². The quantitative estimate of drug-likeness (QED) is 0.776. The molecule has 0 aliphatic carbocycles. The van der Waals surface area contributed by atoms with Crippen LogP contribution in [0.5, 0.6) is 0 Å². The molecule has 0 atom stereocenters. The van der Waals surface area contributed by atoms with Crippen LogP contribution in [0, 0.1) is 12.7 Å². The van der Waals surface area contributed by atoms with Crippen molar-refractivity contribution in [2.24, 2.45) is 0 Å². The zero-order chi connectivity index (χ0) is 12.0. The Bertz CT molecular complexity index is 366. The highest BCUT2D eigenvalue weighted by molar-refractivity contribution is 5.69. The maximum absolute atomic E-state index is 12.9. The molecule has 1 aromatic rings. The van der Waals surface area contributed by atoms with Crippen molar-refractivity contribution in [2.45, 2.75) is 20.0 Å². The third kappa shape index (κ3) is 3.98. The van der Waals surface area contributed by atoms with Crippen LogP contribution in [0.15, 0.2) is 18.2 Å². The number of aryl methyl sites for hydroxylation is 1. The second-order valence-corrected chi connectivity index (χ2v) is 3.60. The van der Waals surface area contributed by atoms with Crippen molar-refractivity contribution in [3.63, 3.8) is 0 Å². The summed E-state index contributed by atoms with van der Waals surface area (Å²) in [6, 6.07) is 4.68. The Morgan fingerprint density at radius 3 is 2.88 bits per heavy atom. The molecular formula is C12H16FNO2. The minimum atomic E-state index is -0.253. The van der Waals surface area contributed by atoms with E-state index in [1.807, 2.05) is 0 Å². The average molecular weight is 225 g/mol. The van der Waals surface area contributed by atoms with Gasteiger partial charge in [-0.2, -0.15) is 0 Å². The van der Waals surface area contributed by atoms with Gasteiger partial charge < -0.3 is 10.1 Å². The summed E-state index contributed by atoms with van der Waals surface area (Å²) in [5, 5.41) is 2.86. The highest BCUT2D eigenvalue weighted by Crippen LogP contribution is 2.10. The normalized spacial score (nSPS) is 10.2. The van der Waals surface area contributed by atoms with E-state index in [1.165, 1.54) is 6.07 Å². The topological polar surface area (TPSA) is 38.3 Å². The molecule has 88 valence electrons. The lowest BCUT2D eigenvalue weighted by atomic mass is 10.1. The van der Waals surface area contributed by atoms with Gasteiger partial charge in [0.15, 0.2) is 0 Å². The van der Waals surface area contributed by atoms with Gasteiger partial charge in [-0.15, -0.1) is 0 Å². The molecule has 0 heterocycles. The molecule has 0 aliphatic heterocycles. The summed E-state index contributed by atoms with van der Waals surface area (Å²) in [7, 11) is 1.77. The molecule has 0 saturated carbocycles. The molecule has 0 aliphatic rings.